The van der Waals surface area contributed by atoms with Gasteiger partial charge in [0.05, 0.1) is 6.04 Å². The van der Waals surface area contributed by atoms with E-state index in [4.69, 9.17) is 17.4 Å². The molecule has 0 spiro atoms. The van der Waals surface area contributed by atoms with E-state index in [-0.39, 0.29) is 6.04 Å². The molecule has 3 N–H and O–H groups in total. The van der Waals surface area contributed by atoms with Gasteiger partial charge in [-0.25, -0.2) is 0 Å². The largest absolute Gasteiger partial charge is 0.271 e. The van der Waals surface area contributed by atoms with Crippen LogP contribution in [0.3, 0.4) is 0 Å². The Bertz CT molecular complexity index is 545. The van der Waals surface area contributed by atoms with E-state index in [1.807, 2.05) is 18.2 Å². The van der Waals surface area contributed by atoms with Gasteiger partial charge < -0.3 is 0 Å². The maximum Gasteiger partial charge on any atom is 0.0522 e. The Hall–Kier alpha value is 0.0900. The standard InChI is InChI=1S/C12H11Br2ClN2S/c13-7-1-2-10(11(15)4-7)12(17-16)5-9-3-8(14)6-18-9/h1-4,6,12,17H,5,16H2. The number of benzene rings is 1. The van der Waals surface area contributed by atoms with Gasteiger partial charge in [-0.3, -0.25) is 11.3 Å². The number of rotatable bonds is 4. The second-order valence-electron chi connectivity index (χ2n) is 3.82. The minimum absolute atomic E-state index is 0.0103. The van der Waals surface area contributed by atoms with Gasteiger partial charge in [-0.1, -0.05) is 33.6 Å². The summed E-state index contributed by atoms with van der Waals surface area (Å²) < 4.78 is 2.06. The number of thiophene rings is 1. The van der Waals surface area contributed by atoms with Crippen molar-refractivity contribution in [1.82, 2.24) is 5.43 Å². The Morgan fingerprint density at radius 2 is 2.06 bits per heavy atom. The molecule has 2 nitrogen and oxygen atoms in total. The van der Waals surface area contributed by atoms with E-state index in [9.17, 15) is 0 Å². The molecule has 1 heterocycles. The van der Waals surface area contributed by atoms with Crippen molar-refractivity contribution in [1.29, 1.82) is 0 Å². The zero-order chi connectivity index (χ0) is 13.1. The van der Waals surface area contributed by atoms with Crippen LogP contribution in [0.15, 0.2) is 38.6 Å². The van der Waals surface area contributed by atoms with Crippen molar-refractivity contribution < 1.29 is 0 Å². The first kappa shape index (κ1) is 14.5. The molecule has 2 rings (SSSR count). The molecular formula is C12H11Br2ClN2S. The monoisotopic (exact) mass is 408 g/mol. The zero-order valence-electron chi connectivity index (χ0n) is 9.29. The third-order valence-corrected chi connectivity index (χ3v) is 5.11. The Labute approximate surface area is 132 Å². The van der Waals surface area contributed by atoms with Crippen LogP contribution in [0.2, 0.25) is 5.02 Å². The smallest absolute Gasteiger partial charge is 0.0522 e. The summed E-state index contributed by atoms with van der Waals surface area (Å²) in [5, 5.41) is 2.77. The average molecular weight is 411 g/mol. The molecule has 2 aromatic rings. The highest BCUT2D eigenvalue weighted by Gasteiger charge is 2.15. The number of hydrogen-bond acceptors (Lipinski definition) is 3. The first-order valence-electron chi connectivity index (χ1n) is 5.24. The molecule has 1 atom stereocenters. The SMILES string of the molecule is NNC(Cc1cc(Br)cs1)c1ccc(Br)cc1Cl. The Morgan fingerprint density at radius 3 is 2.61 bits per heavy atom. The summed E-state index contributed by atoms with van der Waals surface area (Å²) in [5.41, 5.74) is 3.83. The van der Waals surface area contributed by atoms with Gasteiger partial charge in [0.15, 0.2) is 0 Å². The minimum atomic E-state index is 0.0103. The lowest BCUT2D eigenvalue weighted by Crippen LogP contribution is -2.29. The van der Waals surface area contributed by atoms with Crippen molar-refractivity contribution in [3.63, 3.8) is 0 Å². The molecule has 0 aliphatic carbocycles. The lowest BCUT2D eigenvalue weighted by Gasteiger charge is -2.17. The van der Waals surface area contributed by atoms with E-state index in [1.165, 1.54) is 4.88 Å². The van der Waals surface area contributed by atoms with Crippen molar-refractivity contribution in [2.75, 3.05) is 0 Å². The molecule has 1 aromatic carbocycles. The van der Waals surface area contributed by atoms with Gasteiger partial charge in [-0.15, -0.1) is 11.3 Å². The van der Waals surface area contributed by atoms with Crippen LogP contribution in [-0.4, -0.2) is 0 Å². The molecule has 18 heavy (non-hydrogen) atoms. The number of nitrogens with one attached hydrogen (secondary N) is 1. The summed E-state index contributed by atoms with van der Waals surface area (Å²) in [6.45, 7) is 0. The maximum atomic E-state index is 6.24. The molecule has 6 heteroatoms. The maximum absolute atomic E-state index is 6.24. The Balaban J connectivity index is 2.22. The molecule has 0 bridgehead atoms. The summed E-state index contributed by atoms with van der Waals surface area (Å²) in [7, 11) is 0. The second-order valence-corrected chi connectivity index (χ2v) is 7.05. The number of hydrazine groups is 1. The molecule has 0 fully saturated rings. The topological polar surface area (TPSA) is 38.0 Å². The first-order valence-corrected chi connectivity index (χ1v) is 8.08. The molecule has 0 amide bonds. The highest BCUT2D eigenvalue weighted by atomic mass is 79.9. The van der Waals surface area contributed by atoms with E-state index in [2.05, 4.69) is 48.7 Å². The molecule has 96 valence electrons. The van der Waals surface area contributed by atoms with Crippen LogP contribution in [-0.2, 0) is 6.42 Å². The van der Waals surface area contributed by atoms with Gasteiger partial charge in [0.1, 0.15) is 0 Å². The van der Waals surface area contributed by atoms with Crippen molar-refractivity contribution in [2.24, 2.45) is 5.84 Å². The normalized spacial score (nSPS) is 12.7. The van der Waals surface area contributed by atoms with Crippen molar-refractivity contribution in [2.45, 2.75) is 12.5 Å². The van der Waals surface area contributed by atoms with Crippen LogP contribution in [0.4, 0.5) is 0 Å². The van der Waals surface area contributed by atoms with E-state index < -0.39 is 0 Å². The highest BCUT2D eigenvalue weighted by molar-refractivity contribution is 9.10. The Morgan fingerprint density at radius 1 is 1.28 bits per heavy atom. The van der Waals surface area contributed by atoms with Crippen LogP contribution < -0.4 is 11.3 Å². The molecule has 1 aromatic heterocycles. The molecule has 0 aliphatic heterocycles. The molecule has 0 aliphatic rings. The van der Waals surface area contributed by atoms with Gasteiger partial charge >= 0.3 is 0 Å². The summed E-state index contributed by atoms with van der Waals surface area (Å²) >= 11 is 14.8. The summed E-state index contributed by atoms with van der Waals surface area (Å²) in [4.78, 5) is 1.25. The first-order chi connectivity index (χ1) is 8.60. The second kappa shape index (κ2) is 6.50. The van der Waals surface area contributed by atoms with E-state index in [0.717, 1.165) is 20.9 Å². The molecule has 0 saturated heterocycles. The summed E-state index contributed by atoms with van der Waals surface area (Å²) in [5.74, 6) is 5.64. The zero-order valence-corrected chi connectivity index (χ0v) is 14.0. The van der Waals surface area contributed by atoms with Gasteiger partial charge in [-0.2, -0.15) is 0 Å². The van der Waals surface area contributed by atoms with Crippen LogP contribution in [0.1, 0.15) is 16.5 Å². The minimum Gasteiger partial charge on any atom is -0.271 e. The van der Waals surface area contributed by atoms with Crippen LogP contribution in [0.25, 0.3) is 0 Å². The van der Waals surface area contributed by atoms with Crippen molar-refractivity contribution >= 4 is 54.8 Å². The van der Waals surface area contributed by atoms with E-state index >= 15 is 0 Å². The van der Waals surface area contributed by atoms with Crippen molar-refractivity contribution in [3.05, 3.63) is 54.1 Å². The quantitative estimate of drug-likeness (QED) is 0.568. The Kier molecular flexibility index (Phi) is 5.24. The average Bonchev–Trinajstić information content (AvgIpc) is 2.72. The van der Waals surface area contributed by atoms with E-state index in [1.54, 1.807) is 11.3 Å². The summed E-state index contributed by atoms with van der Waals surface area (Å²) in [6.07, 6.45) is 0.814. The molecule has 1 unspecified atom stereocenters. The summed E-state index contributed by atoms with van der Waals surface area (Å²) in [6, 6.07) is 7.94. The fourth-order valence-electron chi connectivity index (χ4n) is 1.70. The predicted molar refractivity (Wildman–Crippen MR) is 84.9 cm³/mol. The van der Waals surface area contributed by atoms with Gasteiger partial charge in [-0.05, 0) is 39.7 Å². The molecule has 0 saturated carbocycles. The van der Waals surface area contributed by atoms with Gasteiger partial charge in [0, 0.05) is 30.6 Å². The van der Waals surface area contributed by atoms with Gasteiger partial charge in [0.2, 0.25) is 0 Å². The third kappa shape index (κ3) is 3.56. The third-order valence-electron chi connectivity index (χ3n) is 2.57. The van der Waals surface area contributed by atoms with Crippen LogP contribution >= 0.6 is 54.8 Å². The van der Waals surface area contributed by atoms with Gasteiger partial charge in [0.25, 0.3) is 0 Å². The van der Waals surface area contributed by atoms with Crippen LogP contribution in [0, 0.1) is 0 Å². The lowest BCUT2D eigenvalue weighted by molar-refractivity contribution is 0.555. The van der Waals surface area contributed by atoms with Crippen LogP contribution in [0.5, 0.6) is 0 Å². The molecule has 0 radical (unpaired) electrons. The number of hydrogen-bond donors (Lipinski definition) is 2. The fourth-order valence-corrected chi connectivity index (χ4v) is 4.01. The lowest BCUT2D eigenvalue weighted by atomic mass is 10.0. The molecular weight excluding hydrogens is 399 g/mol. The fraction of sp³-hybridized carbons (Fsp3) is 0.167. The van der Waals surface area contributed by atoms with Crippen molar-refractivity contribution in [3.8, 4) is 0 Å². The number of nitrogens with two attached hydrogens (primary N) is 1. The highest BCUT2D eigenvalue weighted by Crippen LogP contribution is 2.30. The number of halogens is 3. The van der Waals surface area contributed by atoms with E-state index in [0.29, 0.717) is 5.02 Å². The predicted octanol–water partition coefficient (Wildman–Crippen LogP) is 4.67.